The number of amides is 1. The van der Waals surface area contributed by atoms with Crippen molar-refractivity contribution in [2.24, 2.45) is 5.41 Å². The number of rotatable bonds is 5. The average Bonchev–Trinajstić information content (AvgIpc) is 2.28. The minimum absolute atomic E-state index is 0.200. The van der Waals surface area contributed by atoms with E-state index in [1.165, 1.54) is 0 Å². The van der Waals surface area contributed by atoms with E-state index in [9.17, 15) is 4.79 Å². The Kier molecular flexibility index (Phi) is 6.09. The van der Waals surface area contributed by atoms with Gasteiger partial charge in [0.05, 0.1) is 19.3 Å². The summed E-state index contributed by atoms with van der Waals surface area (Å²) in [6.45, 7) is 9.53. The van der Waals surface area contributed by atoms with Crippen LogP contribution in [0.2, 0.25) is 0 Å². The second-order valence-corrected chi connectivity index (χ2v) is 6.29. The average molecular weight is 256 g/mol. The van der Waals surface area contributed by atoms with Gasteiger partial charge in [0, 0.05) is 19.5 Å². The van der Waals surface area contributed by atoms with Crippen LogP contribution in [0.3, 0.4) is 0 Å². The van der Waals surface area contributed by atoms with Gasteiger partial charge < -0.3 is 15.0 Å². The Hall–Kier alpha value is -0.610. The molecule has 4 nitrogen and oxygen atoms in total. The largest absolute Gasteiger partial charge is 0.377 e. The quantitative estimate of drug-likeness (QED) is 0.813. The summed E-state index contributed by atoms with van der Waals surface area (Å²) in [6.07, 6.45) is 2.74. The molecule has 106 valence electrons. The summed E-state index contributed by atoms with van der Waals surface area (Å²) in [4.78, 5) is 14.2. The molecule has 1 rings (SSSR count). The second-order valence-electron chi connectivity index (χ2n) is 6.29. The van der Waals surface area contributed by atoms with Crippen molar-refractivity contribution in [2.75, 3.05) is 33.4 Å². The van der Waals surface area contributed by atoms with E-state index in [1.807, 2.05) is 11.9 Å². The van der Waals surface area contributed by atoms with Gasteiger partial charge in [-0.25, -0.2) is 0 Å². The molecule has 1 saturated heterocycles. The maximum atomic E-state index is 12.2. The zero-order chi connectivity index (χ0) is 13.6. The molecule has 1 N–H and O–H groups in total. The summed E-state index contributed by atoms with van der Waals surface area (Å²) in [5, 5.41) is 3.13. The first-order chi connectivity index (χ1) is 8.44. The predicted molar refractivity (Wildman–Crippen MR) is 73.6 cm³/mol. The Morgan fingerprint density at radius 2 is 2.17 bits per heavy atom. The lowest BCUT2D eigenvalue weighted by molar-refractivity contribution is -0.139. The lowest BCUT2D eigenvalue weighted by Gasteiger charge is -2.35. The van der Waals surface area contributed by atoms with E-state index < -0.39 is 0 Å². The molecule has 0 aromatic heterocycles. The highest BCUT2D eigenvalue weighted by atomic mass is 16.5. The number of carbonyl (C=O) groups excluding carboxylic acids is 1. The molecule has 1 amide bonds. The Morgan fingerprint density at radius 1 is 1.44 bits per heavy atom. The number of ether oxygens (including phenoxy) is 1. The van der Waals surface area contributed by atoms with Crippen LogP contribution in [0.15, 0.2) is 0 Å². The van der Waals surface area contributed by atoms with Crippen molar-refractivity contribution in [1.29, 1.82) is 0 Å². The van der Waals surface area contributed by atoms with Crippen LogP contribution in [0.4, 0.5) is 0 Å². The molecule has 1 aliphatic rings. The summed E-state index contributed by atoms with van der Waals surface area (Å²) >= 11 is 0. The smallest absolute Gasteiger partial charge is 0.223 e. The number of nitrogens with one attached hydrogen (secondary N) is 1. The van der Waals surface area contributed by atoms with Crippen LogP contribution in [0, 0.1) is 5.41 Å². The van der Waals surface area contributed by atoms with E-state index in [2.05, 4.69) is 26.1 Å². The predicted octanol–water partition coefficient (Wildman–Crippen LogP) is 1.65. The van der Waals surface area contributed by atoms with Crippen LogP contribution in [0.25, 0.3) is 0 Å². The van der Waals surface area contributed by atoms with Crippen LogP contribution in [0.1, 0.15) is 40.0 Å². The standard InChI is InChI=1S/C14H28N2O2/c1-14(2,3)7-5-6-13(17)16-8-9-18-11-12(16)10-15-4/h12,15H,5-11H2,1-4H3. The minimum atomic E-state index is 0.200. The summed E-state index contributed by atoms with van der Waals surface area (Å²) in [5.74, 6) is 0.280. The van der Waals surface area contributed by atoms with Gasteiger partial charge in [-0.05, 0) is 25.3 Å². The molecule has 0 bridgehead atoms. The molecule has 1 atom stereocenters. The van der Waals surface area contributed by atoms with Crippen molar-refractivity contribution in [2.45, 2.75) is 46.1 Å². The molecular formula is C14H28N2O2. The van der Waals surface area contributed by atoms with Crippen LogP contribution in [-0.2, 0) is 9.53 Å². The number of carbonyl (C=O) groups is 1. The number of morpholine rings is 1. The fourth-order valence-electron chi connectivity index (χ4n) is 2.30. The third-order valence-corrected chi connectivity index (χ3v) is 3.31. The normalized spacial score (nSPS) is 21.1. The summed E-state index contributed by atoms with van der Waals surface area (Å²) in [5.41, 5.74) is 0.315. The summed E-state index contributed by atoms with van der Waals surface area (Å²) < 4.78 is 5.44. The number of nitrogens with zero attached hydrogens (tertiary/aromatic N) is 1. The van der Waals surface area contributed by atoms with E-state index >= 15 is 0 Å². The second kappa shape index (κ2) is 7.10. The first-order valence-corrected chi connectivity index (χ1v) is 6.96. The molecule has 0 aliphatic carbocycles. The van der Waals surface area contributed by atoms with Gasteiger partial charge in [0.1, 0.15) is 0 Å². The molecule has 0 saturated carbocycles. The summed E-state index contributed by atoms with van der Waals surface area (Å²) in [7, 11) is 1.91. The van der Waals surface area contributed by atoms with Gasteiger partial charge in [0.25, 0.3) is 0 Å². The Labute approximate surface area is 111 Å². The van der Waals surface area contributed by atoms with Gasteiger partial charge in [0.15, 0.2) is 0 Å². The van der Waals surface area contributed by atoms with Gasteiger partial charge >= 0.3 is 0 Å². The number of likely N-dealkylation sites (N-methyl/N-ethyl adjacent to an activating group) is 1. The molecule has 1 fully saturated rings. The minimum Gasteiger partial charge on any atom is -0.377 e. The van der Waals surface area contributed by atoms with Crippen molar-refractivity contribution in [1.82, 2.24) is 10.2 Å². The molecule has 0 radical (unpaired) electrons. The van der Waals surface area contributed by atoms with Crippen LogP contribution < -0.4 is 5.32 Å². The number of hydrogen-bond acceptors (Lipinski definition) is 3. The molecule has 1 unspecified atom stereocenters. The fourth-order valence-corrected chi connectivity index (χ4v) is 2.30. The van der Waals surface area contributed by atoms with E-state index in [1.54, 1.807) is 0 Å². The van der Waals surface area contributed by atoms with E-state index in [4.69, 9.17) is 4.74 Å². The third-order valence-electron chi connectivity index (χ3n) is 3.31. The highest BCUT2D eigenvalue weighted by Crippen LogP contribution is 2.22. The number of hydrogen-bond donors (Lipinski definition) is 1. The highest BCUT2D eigenvalue weighted by molar-refractivity contribution is 5.76. The van der Waals surface area contributed by atoms with Crippen molar-refractivity contribution in [3.05, 3.63) is 0 Å². The zero-order valence-corrected chi connectivity index (χ0v) is 12.3. The van der Waals surface area contributed by atoms with Crippen molar-refractivity contribution in [3.63, 3.8) is 0 Å². The Bertz CT molecular complexity index is 259. The van der Waals surface area contributed by atoms with Crippen LogP contribution in [0.5, 0.6) is 0 Å². The molecule has 0 aromatic rings. The van der Waals surface area contributed by atoms with E-state index in [0.717, 1.165) is 25.9 Å². The van der Waals surface area contributed by atoms with Crippen LogP contribution in [-0.4, -0.2) is 50.2 Å². The molecule has 1 aliphatic heterocycles. The molecule has 18 heavy (non-hydrogen) atoms. The summed E-state index contributed by atoms with van der Waals surface area (Å²) in [6, 6.07) is 0.200. The molecular weight excluding hydrogens is 228 g/mol. The van der Waals surface area contributed by atoms with Crippen molar-refractivity contribution < 1.29 is 9.53 Å². The third kappa shape index (κ3) is 5.36. The van der Waals surface area contributed by atoms with Gasteiger partial charge in [-0.1, -0.05) is 20.8 Å². The topological polar surface area (TPSA) is 41.6 Å². The van der Waals surface area contributed by atoms with Gasteiger partial charge in [-0.2, -0.15) is 0 Å². The maximum Gasteiger partial charge on any atom is 0.223 e. The fraction of sp³-hybridized carbons (Fsp3) is 0.929. The SMILES string of the molecule is CNCC1COCCN1C(=O)CCCC(C)(C)C. The first kappa shape index (κ1) is 15.4. The molecule has 0 aromatic carbocycles. The monoisotopic (exact) mass is 256 g/mol. The Morgan fingerprint density at radius 3 is 2.78 bits per heavy atom. The zero-order valence-electron chi connectivity index (χ0n) is 12.3. The Balaban J connectivity index is 2.38. The van der Waals surface area contributed by atoms with E-state index in [-0.39, 0.29) is 11.9 Å². The maximum absolute atomic E-state index is 12.2. The van der Waals surface area contributed by atoms with E-state index in [0.29, 0.717) is 25.0 Å². The van der Waals surface area contributed by atoms with Crippen LogP contribution >= 0.6 is 0 Å². The highest BCUT2D eigenvalue weighted by Gasteiger charge is 2.26. The lowest BCUT2D eigenvalue weighted by Crippen LogP contribution is -2.52. The first-order valence-electron chi connectivity index (χ1n) is 6.96. The van der Waals surface area contributed by atoms with Gasteiger partial charge in [-0.3, -0.25) is 4.79 Å². The molecule has 4 heteroatoms. The van der Waals surface area contributed by atoms with Gasteiger partial charge in [-0.15, -0.1) is 0 Å². The molecule has 1 heterocycles. The van der Waals surface area contributed by atoms with Gasteiger partial charge in [0.2, 0.25) is 5.91 Å². The lowest BCUT2D eigenvalue weighted by atomic mass is 9.90. The molecule has 0 spiro atoms. The van der Waals surface area contributed by atoms with Crippen molar-refractivity contribution in [3.8, 4) is 0 Å². The van der Waals surface area contributed by atoms with Crippen molar-refractivity contribution >= 4 is 5.91 Å².